The van der Waals surface area contributed by atoms with E-state index in [1.807, 2.05) is 38.1 Å². The van der Waals surface area contributed by atoms with E-state index in [1.165, 1.54) is 6.08 Å². The van der Waals surface area contributed by atoms with E-state index in [2.05, 4.69) is 5.32 Å². The van der Waals surface area contributed by atoms with Gasteiger partial charge in [-0.15, -0.1) is 0 Å². The second-order valence-corrected chi connectivity index (χ2v) is 5.27. The van der Waals surface area contributed by atoms with Crippen molar-refractivity contribution in [2.75, 3.05) is 13.2 Å². The van der Waals surface area contributed by atoms with Crippen LogP contribution in [0.25, 0.3) is 6.08 Å². The van der Waals surface area contributed by atoms with Crippen molar-refractivity contribution in [2.45, 2.75) is 32.0 Å². The topological polar surface area (TPSA) is 58.6 Å². The molecule has 1 aliphatic rings. The summed E-state index contributed by atoms with van der Waals surface area (Å²) in [6, 6.07) is 7.85. The molecule has 2 rings (SSSR count). The smallest absolute Gasteiger partial charge is 0.244 e. The molecule has 1 saturated heterocycles. The molecule has 2 unspecified atom stereocenters. The van der Waals surface area contributed by atoms with Gasteiger partial charge in [-0.3, -0.25) is 4.79 Å². The number of hydrogen-bond donors (Lipinski definition) is 2. The van der Waals surface area contributed by atoms with Crippen LogP contribution in [0.3, 0.4) is 0 Å². The Morgan fingerprint density at radius 1 is 1.55 bits per heavy atom. The standard InChI is InChI=1S/C16H21NO3/c1-12-5-3-4-6-14(12)7-8-15(18)17-11-16(19)9-10-20-13(16)2/h3-8,13,19H,9-11H2,1-2H3,(H,17,18)/b8-7+. The number of benzene rings is 1. The molecule has 1 heterocycles. The second kappa shape index (κ2) is 6.20. The molecule has 20 heavy (non-hydrogen) atoms. The van der Waals surface area contributed by atoms with Crippen molar-refractivity contribution in [3.8, 4) is 0 Å². The molecule has 0 bridgehead atoms. The van der Waals surface area contributed by atoms with Gasteiger partial charge in [-0.25, -0.2) is 0 Å². The zero-order valence-corrected chi connectivity index (χ0v) is 11.9. The summed E-state index contributed by atoms with van der Waals surface area (Å²) in [5.41, 5.74) is 1.18. The molecule has 4 nitrogen and oxygen atoms in total. The minimum Gasteiger partial charge on any atom is -0.385 e. The van der Waals surface area contributed by atoms with Gasteiger partial charge in [0.1, 0.15) is 5.60 Å². The molecular weight excluding hydrogens is 254 g/mol. The predicted molar refractivity (Wildman–Crippen MR) is 78.2 cm³/mol. The van der Waals surface area contributed by atoms with Crippen LogP contribution >= 0.6 is 0 Å². The molecule has 2 atom stereocenters. The predicted octanol–water partition coefficient (Wildman–Crippen LogP) is 1.66. The molecule has 1 aromatic rings. The lowest BCUT2D eigenvalue weighted by Gasteiger charge is -2.25. The summed E-state index contributed by atoms with van der Waals surface area (Å²) in [6.45, 7) is 4.57. The van der Waals surface area contributed by atoms with Crippen molar-refractivity contribution in [3.05, 3.63) is 41.5 Å². The van der Waals surface area contributed by atoms with Crippen LogP contribution in [0, 0.1) is 6.92 Å². The molecule has 0 aliphatic carbocycles. The summed E-state index contributed by atoms with van der Waals surface area (Å²) in [6.07, 6.45) is 3.58. The van der Waals surface area contributed by atoms with Crippen molar-refractivity contribution >= 4 is 12.0 Å². The number of carbonyl (C=O) groups excluding carboxylic acids is 1. The van der Waals surface area contributed by atoms with Gasteiger partial charge in [-0.2, -0.15) is 0 Å². The van der Waals surface area contributed by atoms with E-state index in [9.17, 15) is 9.90 Å². The SMILES string of the molecule is Cc1ccccc1/C=C/C(=O)NCC1(O)CCOC1C. The van der Waals surface area contributed by atoms with Crippen LogP contribution in [-0.2, 0) is 9.53 Å². The average Bonchev–Trinajstić information content (AvgIpc) is 2.76. The summed E-state index contributed by atoms with van der Waals surface area (Å²) in [5, 5.41) is 13.0. The highest BCUT2D eigenvalue weighted by atomic mass is 16.5. The van der Waals surface area contributed by atoms with Crippen LogP contribution in [0.5, 0.6) is 0 Å². The van der Waals surface area contributed by atoms with Crippen LogP contribution in [-0.4, -0.2) is 35.9 Å². The molecule has 0 spiro atoms. The Hall–Kier alpha value is -1.65. The third-order valence-electron chi connectivity index (χ3n) is 3.83. The Kier molecular flexibility index (Phi) is 4.57. The molecule has 1 aromatic carbocycles. The Labute approximate surface area is 119 Å². The molecule has 0 radical (unpaired) electrons. The first-order valence-electron chi connectivity index (χ1n) is 6.87. The fourth-order valence-electron chi connectivity index (χ4n) is 2.24. The first kappa shape index (κ1) is 14.8. The number of hydrogen-bond acceptors (Lipinski definition) is 3. The lowest BCUT2D eigenvalue weighted by molar-refractivity contribution is -0.118. The number of aliphatic hydroxyl groups is 1. The van der Waals surface area contributed by atoms with Crippen molar-refractivity contribution in [3.63, 3.8) is 0 Å². The minimum absolute atomic E-state index is 0.208. The van der Waals surface area contributed by atoms with Crippen LogP contribution in [0.1, 0.15) is 24.5 Å². The van der Waals surface area contributed by atoms with Crippen LogP contribution in [0.15, 0.2) is 30.3 Å². The normalized spacial score (nSPS) is 26.1. The van der Waals surface area contributed by atoms with Gasteiger partial charge in [0.25, 0.3) is 0 Å². The monoisotopic (exact) mass is 275 g/mol. The Morgan fingerprint density at radius 3 is 2.95 bits per heavy atom. The van der Waals surface area contributed by atoms with Crippen LogP contribution in [0.2, 0.25) is 0 Å². The third-order valence-corrected chi connectivity index (χ3v) is 3.83. The molecule has 1 fully saturated rings. The quantitative estimate of drug-likeness (QED) is 0.822. The third kappa shape index (κ3) is 3.46. The summed E-state index contributed by atoms with van der Waals surface area (Å²) in [7, 11) is 0. The fourth-order valence-corrected chi connectivity index (χ4v) is 2.24. The van der Waals surface area contributed by atoms with E-state index < -0.39 is 5.60 Å². The lowest BCUT2D eigenvalue weighted by Crippen LogP contribution is -2.47. The molecule has 1 aliphatic heterocycles. The number of nitrogens with one attached hydrogen (secondary N) is 1. The summed E-state index contributed by atoms with van der Waals surface area (Å²) < 4.78 is 5.33. The van der Waals surface area contributed by atoms with Crippen LogP contribution in [0.4, 0.5) is 0 Å². The van der Waals surface area contributed by atoms with Crippen molar-refractivity contribution in [2.24, 2.45) is 0 Å². The fraction of sp³-hybridized carbons (Fsp3) is 0.438. The van der Waals surface area contributed by atoms with Crippen molar-refractivity contribution < 1.29 is 14.6 Å². The van der Waals surface area contributed by atoms with E-state index in [1.54, 1.807) is 6.08 Å². The highest BCUT2D eigenvalue weighted by Crippen LogP contribution is 2.24. The number of carbonyl (C=O) groups is 1. The average molecular weight is 275 g/mol. The first-order valence-corrected chi connectivity index (χ1v) is 6.87. The maximum Gasteiger partial charge on any atom is 0.244 e. The van der Waals surface area contributed by atoms with Gasteiger partial charge in [0.05, 0.1) is 6.10 Å². The minimum atomic E-state index is -0.952. The van der Waals surface area contributed by atoms with Gasteiger partial charge in [0.2, 0.25) is 5.91 Å². The maximum absolute atomic E-state index is 11.8. The molecule has 0 saturated carbocycles. The Morgan fingerprint density at radius 2 is 2.30 bits per heavy atom. The number of aryl methyl sites for hydroxylation is 1. The van der Waals surface area contributed by atoms with E-state index in [-0.39, 0.29) is 18.6 Å². The zero-order valence-electron chi connectivity index (χ0n) is 11.9. The highest BCUT2D eigenvalue weighted by molar-refractivity contribution is 5.91. The largest absolute Gasteiger partial charge is 0.385 e. The number of ether oxygens (including phenoxy) is 1. The van der Waals surface area contributed by atoms with Gasteiger partial charge in [0.15, 0.2) is 0 Å². The zero-order chi connectivity index (χ0) is 14.6. The van der Waals surface area contributed by atoms with Crippen LogP contribution < -0.4 is 5.32 Å². The lowest BCUT2D eigenvalue weighted by atomic mass is 9.97. The summed E-state index contributed by atoms with van der Waals surface area (Å²) in [5.74, 6) is -0.208. The maximum atomic E-state index is 11.8. The van der Waals surface area contributed by atoms with Gasteiger partial charge < -0.3 is 15.2 Å². The molecule has 1 amide bonds. The number of amides is 1. The molecular formula is C16H21NO3. The molecule has 4 heteroatoms. The second-order valence-electron chi connectivity index (χ2n) is 5.27. The van der Waals surface area contributed by atoms with Gasteiger partial charge in [-0.1, -0.05) is 24.3 Å². The summed E-state index contributed by atoms with van der Waals surface area (Å²) in [4.78, 5) is 11.8. The van der Waals surface area contributed by atoms with Crippen molar-refractivity contribution in [1.82, 2.24) is 5.32 Å². The molecule has 0 aromatic heterocycles. The number of rotatable bonds is 4. The first-order chi connectivity index (χ1) is 9.51. The van der Waals surface area contributed by atoms with Crippen molar-refractivity contribution in [1.29, 1.82) is 0 Å². The van der Waals surface area contributed by atoms with Gasteiger partial charge in [0, 0.05) is 25.6 Å². The van der Waals surface area contributed by atoms with E-state index >= 15 is 0 Å². The Balaban J connectivity index is 1.89. The molecule has 2 N–H and O–H groups in total. The Bertz CT molecular complexity index is 512. The van der Waals surface area contributed by atoms with E-state index in [0.29, 0.717) is 13.0 Å². The van der Waals surface area contributed by atoms with E-state index in [0.717, 1.165) is 11.1 Å². The highest BCUT2D eigenvalue weighted by Gasteiger charge is 2.39. The summed E-state index contributed by atoms with van der Waals surface area (Å²) >= 11 is 0. The van der Waals surface area contributed by atoms with E-state index in [4.69, 9.17) is 4.74 Å². The van der Waals surface area contributed by atoms with Gasteiger partial charge >= 0.3 is 0 Å². The molecule has 108 valence electrons. The van der Waals surface area contributed by atoms with Gasteiger partial charge in [-0.05, 0) is 31.1 Å².